The third-order valence-electron chi connectivity index (χ3n) is 2.29. The number of aromatic nitrogens is 4. The Balaban J connectivity index is 2.35. The Morgan fingerprint density at radius 2 is 1.95 bits per heavy atom. The van der Waals surface area contributed by atoms with E-state index in [0.29, 0.717) is 5.56 Å². The molecule has 0 aromatic carbocycles. The average molecular weight is 272 g/mol. The fourth-order valence-corrected chi connectivity index (χ4v) is 1.53. The molecule has 0 aliphatic heterocycles. The number of halogens is 3. The minimum absolute atomic E-state index is 0.0336. The van der Waals surface area contributed by atoms with Gasteiger partial charge in [-0.2, -0.15) is 18.3 Å². The van der Waals surface area contributed by atoms with Crippen molar-refractivity contribution in [1.82, 2.24) is 19.7 Å². The first-order chi connectivity index (χ1) is 8.99. The van der Waals surface area contributed by atoms with Gasteiger partial charge in [-0.3, -0.25) is 4.98 Å². The Morgan fingerprint density at radius 3 is 2.53 bits per heavy atom. The van der Waals surface area contributed by atoms with Crippen molar-refractivity contribution in [2.24, 2.45) is 0 Å². The van der Waals surface area contributed by atoms with Crippen LogP contribution in [0.5, 0.6) is 0 Å². The van der Waals surface area contributed by atoms with Crippen LogP contribution >= 0.6 is 0 Å². The second kappa shape index (κ2) is 5.35. The second-order valence-electron chi connectivity index (χ2n) is 3.79. The van der Waals surface area contributed by atoms with E-state index in [1.165, 1.54) is 19.5 Å². The molecule has 8 heteroatoms. The van der Waals surface area contributed by atoms with Gasteiger partial charge in [-0.1, -0.05) is 0 Å². The Kier molecular flexibility index (Phi) is 3.79. The van der Waals surface area contributed by atoms with Gasteiger partial charge in [0.25, 0.3) is 0 Å². The van der Waals surface area contributed by atoms with Crippen LogP contribution in [0.1, 0.15) is 5.82 Å². The number of ether oxygens (including phenoxy) is 1. The van der Waals surface area contributed by atoms with Gasteiger partial charge in [0, 0.05) is 25.1 Å². The highest BCUT2D eigenvalue weighted by Gasteiger charge is 2.30. The fourth-order valence-electron chi connectivity index (χ4n) is 1.53. The molecule has 0 aliphatic carbocycles. The molecule has 0 saturated carbocycles. The van der Waals surface area contributed by atoms with Crippen LogP contribution in [-0.4, -0.2) is 33.0 Å². The molecule has 19 heavy (non-hydrogen) atoms. The van der Waals surface area contributed by atoms with Crippen molar-refractivity contribution in [1.29, 1.82) is 0 Å². The molecule has 102 valence electrons. The minimum Gasteiger partial charge on any atom is -0.377 e. The van der Waals surface area contributed by atoms with Crippen LogP contribution in [-0.2, 0) is 17.9 Å². The third kappa shape index (κ3) is 3.50. The molecule has 0 saturated heterocycles. The summed E-state index contributed by atoms with van der Waals surface area (Å²) >= 11 is 0. The van der Waals surface area contributed by atoms with Gasteiger partial charge in [0.1, 0.15) is 13.2 Å². The van der Waals surface area contributed by atoms with Gasteiger partial charge in [-0.25, -0.2) is 9.67 Å². The van der Waals surface area contributed by atoms with Crippen LogP contribution in [0.3, 0.4) is 0 Å². The Morgan fingerprint density at radius 1 is 1.26 bits per heavy atom. The van der Waals surface area contributed by atoms with Crippen molar-refractivity contribution >= 4 is 0 Å². The molecule has 0 unspecified atom stereocenters. The van der Waals surface area contributed by atoms with E-state index in [4.69, 9.17) is 4.74 Å². The van der Waals surface area contributed by atoms with Gasteiger partial charge in [0.05, 0.1) is 0 Å². The largest absolute Gasteiger partial charge is 0.408 e. The highest BCUT2D eigenvalue weighted by atomic mass is 19.4. The van der Waals surface area contributed by atoms with E-state index in [2.05, 4.69) is 15.1 Å². The minimum atomic E-state index is -4.36. The lowest BCUT2D eigenvalue weighted by Gasteiger charge is -2.07. The zero-order valence-electron chi connectivity index (χ0n) is 10.1. The van der Waals surface area contributed by atoms with Crippen molar-refractivity contribution in [3.8, 4) is 11.4 Å². The molecule has 0 radical (unpaired) electrons. The summed E-state index contributed by atoms with van der Waals surface area (Å²) in [6.45, 7) is -1.22. The van der Waals surface area contributed by atoms with E-state index in [-0.39, 0.29) is 18.3 Å². The van der Waals surface area contributed by atoms with Crippen molar-refractivity contribution in [2.75, 3.05) is 7.11 Å². The normalized spacial score (nSPS) is 11.8. The number of hydrogen-bond donors (Lipinski definition) is 0. The predicted molar refractivity (Wildman–Crippen MR) is 60.0 cm³/mol. The summed E-state index contributed by atoms with van der Waals surface area (Å²) in [5.74, 6) is 0.352. The molecule has 2 heterocycles. The molecule has 0 bridgehead atoms. The van der Waals surface area contributed by atoms with E-state index < -0.39 is 12.7 Å². The van der Waals surface area contributed by atoms with E-state index in [1.807, 2.05) is 0 Å². The molecule has 0 spiro atoms. The topological polar surface area (TPSA) is 52.8 Å². The summed E-state index contributed by atoms with van der Waals surface area (Å²) in [5, 5.41) is 3.86. The number of rotatable bonds is 4. The third-order valence-corrected chi connectivity index (χ3v) is 2.29. The molecule has 0 amide bonds. The van der Waals surface area contributed by atoms with Gasteiger partial charge in [-0.15, -0.1) is 0 Å². The lowest BCUT2D eigenvalue weighted by Crippen LogP contribution is -2.20. The molecular formula is C11H11F3N4O. The maximum Gasteiger partial charge on any atom is 0.408 e. The molecular weight excluding hydrogens is 261 g/mol. The Hall–Kier alpha value is -1.96. The molecule has 0 aliphatic rings. The number of alkyl halides is 3. The molecule has 0 N–H and O–H groups in total. The molecule has 2 aromatic rings. The average Bonchev–Trinajstić information content (AvgIpc) is 2.72. The Labute approximate surface area is 107 Å². The molecule has 2 aromatic heterocycles. The van der Waals surface area contributed by atoms with Crippen LogP contribution in [0.2, 0.25) is 0 Å². The van der Waals surface area contributed by atoms with E-state index >= 15 is 0 Å². The Bertz CT molecular complexity index is 539. The number of nitrogens with zero attached hydrogens (tertiary/aromatic N) is 4. The highest BCUT2D eigenvalue weighted by Crippen LogP contribution is 2.20. The molecule has 5 nitrogen and oxygen atoms in total. The summed E-state index contributed by atoms with van der Waals surface area (Å²) in [5.41, 5.74) is 0.605. The maximum absolute atomic E-state index is 12.4. The molecule has 2 rings (SSSR count). The van der Waals surface area contributed by atoms with Gasteiger partial charge in [0.2, 0.25) is 0 Å². The van der Waals surface area contributed by atoms with Crippen LogP contribution in [0.4, 0.5) is 13.2 Å². The first-order valence-corrected chi connectivity index (χ1v) is 5.39. The van der Waals surface area contributed by atoms with Crippen LogP contribution in [0.15, 0.2) is 24.5 Å². The number of pyridine rings is 1. The van der Waals surface area contributed by atoms with Crippen LogP contribution in [0, 0.1) is 0 Å². The zero-order chi connectivity index (χ0) is 13.9. The number of hydrogen-bond acceptors (Lipinski definition) is 4. The quantitative estimate of drug-likeness (QED) is 0.854. The smallest absolute Gasteiger partial charge is 0.377 e. The van der Waals surface area contributed by atoms with Gasteiger partial charge in [-0.05, 0) is 12.1 Å². The van der Waals surface area contributed by atoms with E-state index in [0.717, 1.165) is 4.68 Å². The van der Waals surface area contributed by atoms with Crippen molar-refractivity contribution in [3.63, 3.8) is 0 Å². The second-order valence-corrected chi connectivity index (χ2v) is 3.79. The van der Waals surface area contributed by atoms with Gasteiger partial charge >= 0.3 is 6.18 Å². The number of methoxy groups -OCH3 is 1. The predicted octanol–water partition coefficient (Wildman–Crippen LogP) is 2.05. The van der Waals surface area contributed by atoms with Crippen molar-refractivity contribution in [2.45, 2.75) is 19.3 Å². The zero-order valence-corrected chi connectivity index (χ0v) is 10.1. The SMILES string of the molecule is COCc1nc(-c2ccncc2)nn1CC(F)(F)F. The summed E-state index contributed by atoms with van der Waals surface area (Å²) in [4.78, 5) is 7.88. The van der Waals surface area contributed by atoms with Crippen LogP contribution in [0.25, 0.3) is 11.4 Å². The molecule has 0 atom stereocenters. The van der Waals surface area contributed by atoms with Gasteiger partial charge < -0.3 is 4.74 Å². The molecule has 0 fully saturated rings. The van der Waals surface area contributed by atoms with Gasteiger partial charge in [0.15, 0.2) is 11.6 Å². The summed E-state index contributed by atoms with van der Waals surface area (Å²) < 4.78 is 42.9. The van der Waals surface area contributed by atoms with Crippen molar-refractivity contribution < 1.29 is 17.9 Å². The van der Waals surface area contributed by atoms with Crippen molar-refractivity contribution in [3.05, 3.63) is 30.4 Å². The fraction of sp³-hybridized carbons (Fsp3) is 0.364. The standard InChI is InChI=1S/C11H11F3N4O/c1-19-6-9-16-10(8-2-4-15-5-3-8)17-18(9)7-11(12,13)14/h2-5H,6-7H2,1H3. The lowest BCUT2D eigenvalue weighted by atomic mass is 10.2. The van der Waals surface area contributed by atoms with E-state index in [9.17, 15) is 13.2 Å². The lowest BCUT2D eigenvalue weighted by molar-refractivity contribution is -0.143. The maximum atomic E-state index is 12.4. The van der Waals surface area contributed by atoms with Crippen LogP contribution < -0.4 is 0 Å². The summed E-state index contributed by atoms with van der Waals surface area (Å²) in [6.07, 6.45) is -1.31. The highest BCUT2D eigenvalue weighted by molar-refractivity contribution is 5.53. The first kappa shape index (κ1) is 13.5. The van der Waals surface area contributed by atoms with E-state index in [1.54, 1.807) is 12.1 Å². The monoisotopic (exact) mass is 272 g/mol. The summed E-state index contributed by atoms with van der Waals surface area (Å²) in [7, 11) is 1.39. The summed E-state index contributed by atoms with van der Waals surface area (Å²) in [6, 6.07) is 3.26. The first-order valence-electron chi connectivity index (χ1n) is 5.39.